The maximum Gasteiger partial charge on any atom is 0.324 e. The number of urea groups is 1. The first-order chi connectivity index (χ1) is 12.5. The van der Waals surface area contributed by atoms with E-state index in [-0.39, 0.29) is 37.9 Å². The summed E-state index contributed by atoms with van der Waals surface area (Å²) in [6.07, 6.45) is 0.199. The molecule has 8 nitrogen and oxygen atoms in total. The molecule has 0 unspecified atom stereocenters. The fourth-order valence-corrected chi connectivity index (χ4v) is 2.96. The number of nitrogens with one attached hydrogen (secondary N) is 2. The number of benzene rings is 1. The van der Waals surface area contributed by atoms with E-state index in [9.17, 15) is 14.4 Å². The van der Waals surface area contributed by atoms with Crippen molar-refractivity contribution in [3.05, 3.63) is 47.3 Å². The van der Waals surface area contributed by atoms with Gasteiger partial charge in [0, 0.05) is 24.3 Å². The molecule has 1 aliphatic heterocycles. The zero-order chi connectivity index (χ0) is 18.7. The van der Waals surface area contributed by atoms with Gasteiger partial charge in [0.2, 0.25) is 11.8 Å². The second kappa shape index (κ2) is 7.38. The number of amides is 4. The SMILES string of the molecule is Cc1nn(-c2ccccc2)c(C)c1CC(=O)NCCN1C(=O)CNC1=O. The standard InChI is InChI=1S/C18H21N5O3/c1-12-15(13(2)23(21-12)14-6-4-3-5-7-14)10-16(24)19-8-9-22-17(25)11-20-18(22)26/h3-7H,8-11H2,1-2H3,(H,19,24)(H,20,26). The van der Waals surface area contributed by atoms with Crippen LogP contribution in [0.2, 0.25) is 0 Å². The molecular weight excluding hydrogens is 334 g/mol. The molecule has 26 heavy (non-hydrogen) atoms. The Bertz CT molecular complexity index is 828. The van der Waals surface area contributed by atoms with Crippen LogP contribution in [0.3, 0.4) is 0 Å². The number of carbonyl (C=O) groups is 3. The highest BCUT2D eigenvalue weighted by molar-refractivity contribution is 6.01. The van der Waals surface area contributed by atoms with Crippen LogP contribution in [-0.2, 0) is 16.0 Å². The van der Waals surface area contributed by atoms with Gasteiger partial charge in [0.15, 0.2) is 0 Å². The Morgan fingerprint density at radius 3 is 2.62 bits per heavy atom. The van der Waals surface area contributed by atoms with Crippen molar-refractivity contribution in [2.75, 3.05) is 19.6 Å². The molecule has 0 spiro atoms. The molecule has 1 aliphatic rings. The van der Waals surface area contributed by atoms with Gasteiger partial charge in [-0.15, -0.1) is 0 Å². The van der Waals surface area contributed by atoms with Crippen LogP contribution >= 0.6 is 0 Å². The van der Waals surface area contributed by atoms with Crippen LogP contribution in [0.5, 0.6) is 0 Å². The van der Waals surface area contributed by atoms with Crippen molar-refractivity contribution in [3.8, 4) is 5.69 Å². The van der Waals surface area contributed by atoms with Crippen molar-refractivity contribution in [1.82, 2.24) is 25.3 Å². The molecule has 2 aromatic rings. The zero-order valence-electron chi connectivity index (χ0n) is 14.8. The van der Waals surface area contributed by atoms with Crippen LogP contribution in [-0.4, -0.2) is 52.2 Å². The van der Waals surface area contributed by atoms with Gasteiger partial charge in [0.1, 0.15) is 0 Å². The molecule has 0 aliphatic carbocycles. The summed E-state index contributed by atoms with van der Waals surface area (Å²) < 4.78 is 1.82. The van der Waals surface area contributed by atoms with E-state index in [0.717, 1.165) is 27.5 Å². The number of imide groups is 1. The van der Waals surface area contributed by atoms with Gasteiger partial charge in [-0.1, -0.05) is 18.2 Å². The summed E-state index contributed by atoms with van der Waals surface area (Å²) >= 11 is 0. The Morgan fingerprint density at radius 1 is 1.23 bits per heavy atom. The molecule has 1 aromatic carbocycles. The predicted octanol–water partition coefficient (Wildman–Crippen LogP) is 0.700. The van der Waals surface area contributed by atoms with Crippen molar-refractivity contribution < 1.29 is 14.4 Å². The van der Waals surface area contributed by atoms with Gasteiger partial charge in [-0.3, -0.25) is 14.5 Å². The highest BCUT2D eigenvalue weighted by Crippen LogP contribution is 2.18. The monoisotopic (exact) mass is 355 g/mol. The molecule has 1 fully saturated rings. The van der Waals surface area contributed by atoms with E-state index >= 15 is 0 Å². The number of para-hydroxylation sites is 1. The number of rotatable bonds is 6. The molecule has 136 valence electrons. The van der Waals surface area contributed by atoms with E-state index in [1.807, 2.05) is 48.9 Å². The van der Waals surface area contributed by atoms with Gasteiger partial charge < -0.3 is 10.6 Å². The van der Waals surface area contributed by atoms with E-state index in [1.165, 1.54) is 0 Å². The largest absolute Gasteiger partial charge is 0.354 e. The minimum Gasteiger partial charge on any atom is -0.354 e. The molecule has 2 N–H and O–H groups in total. The fraction of sp³-hybridized carbons (Fsp3) is 0.333. The third kappa shape index (κ3) is 3.58. The van der Waals surface area contributed by atoms with Crippen molar-refractivity contribution in [1.29, 1.82) is 0 Å². The van der Waals surface area contributed by atoms with E-state index in [1.54, 1.807) is 0 Å². The lowest BCUT2D eigenvalue weighted by Crippen LogP contribution is -2.39. The Labute approximate surface area is 151 Å². The predicted molar refractivity (Wildman–Crippen MR) is 94.9 cm³/mol. The van der Waals surface area contributed by atoms with Crippen LogP contribution in [0, 0.1) is 13.8 Å². The molecular formula is C18H21N5O3. The molecule has 2 heterocycles. The summed E-state index contributed by atoms with van der Waals surface area (Å²) in [7, 11) is 0. The third-order valence-corrected chi connectivity index (χ3v) is 4.37. The fourth-order valence-electron chi connectivity index (χ4n) is 2.96. The second-order valence-electron chi connectivity index (χ2n) is 6.13. The van der Waals surface area contributed by atoms with Gasteiger partial charge >= 0.3 is 6.03 Å². The van der Waals surface area contributed by atoms with Crippen molar-refractivity contribution >= 4 is 17.8 Å². The average Bonchev–Trinajstić information content (AvgIpc) is 3.10. The molecule has 1 aromatic heterocycles. The van der Waals surface area contributed by atoms with Crippen LogP contribution in [0.4, 0.5) is 4.79 Å². The maximum atomic E-state index is 12.2. The molecule has 4 amide bonds. The van der Waals surface area contributed by atoms with Crippen LogP contribution in [0.1, 0.15) is 17.0 Å². The first-order valence-electron chi connectivity index (χ1n) is 8.43. The Balaban J connectivity index is 1.60. The van der Waals surface area contributed by atoms with E-state index < -0.39 is 6.03 Å². The van der Waals surface area contributed by atoms with Crippen LogP contribution in [0.25, 0.3) is 5.69 Å². The normalized spacial score (nSPS) is 13.8. The summed E-state index contributed by atoms with van der Waals surface area (Å²) in [6, 6.07) is 9.32. The van der Waals surface area contributed by atoms with E-state index in [0.29, 0.717) is 0 Å². The lowest BCUT2D eigenvalue weighted by Gasteiger charge is -2.12. The van der Waals surface area contributed by atoms with E-state index in [2.05, 4.69) is 15.7 Å². The van der Waals surface area contributed by atoms with Gasteiger partial charge in [-0.2, -0.15) is 5.10 Å². The highest BCUT2D eigenvalue weighted by Gasteiger charge is 2.27. The molecule has 0 saturated carbocycles. The Hall–Kier alpha value is -3.16. The number of nitrogens with zero attached hydrogens (tertiary/aromatic N) is 3. The molecule has 0 atom stereocenters. The average molecular weight is 355 g/mol. The summed E-state index contributed by atoms with van der Waals surface area (Å²) in [5.41, 5.74) is 3.54. The van der Waals surface area contributed by atoms with Gasteiger partial charge in [-0.25, -0.2) is 9.48 Å². The van der Waals surface area contributed by atoms with E-state index in [4.69, 9.17) is 0 Å². The first-order valence-corrected chi connectivity index (χ1v) is 8.43. The number of aromatic nitrogens is 2. The first kappa shape index (κ1) is 17.7. The Morgan fingerprint density at radius 2 is 1.96 bits per heavy atom. The number of carbonyl (C=O) groups excluding carboxylic acids is 3. The number of hydrogen-bond acceptors (Lipinski definition) is 4. The molecule has 1 saturated heterocycles. The van der Waals surface area contributed by atoms with Crippen LogP contribution in [0.15, 0.2) is 30.3 Å². The third-order valence-electron chi connectivity index (χ3n) is 4.37. The van der Waals surface area contributed by atoms with Crippen molar-refractivity contribution in [2.24, 2.45) is 0 Å². The minimum absolute atomic E-state index is 0.0177. The lowest BCUT2D eigenvalue weighted by molar-refractivity contribution is -0.125. The molecule has 0 radical (unpaired) electrons. The number of hydrogen-bond donors (Lipinski definition) is 2. The summed E-state index contributed by atoms with van der Waals surface area (Å²) in [5.74, 6) is -0.448. The maximum absolute atomic E-state index is 12.2. The topological polar surface area (TPSA) is 96.3 Å². The smallest absolute Gasteiger partial charge is 0.324 e. The molecule has 8 heteroatoms. The van der Waals surface area contributed by atoms with Crippen molar-refractivity contribution in [2.45, 2.75) is 20.3 Å². The lowest BCUT2D eigenvalue weighted by atomic mass is 10.1. The van der Waals surface area contributed by atoms with Gasteiger partial charge in [0.05, 0.1) is 24.3 Å². The van der Waals surface area contributed by atoms with Gasteiger partial charge in [0.25, 0.3) is 0 Å². The second-order valence-corrected chi connectivity index (χ2v) is 6.13. The Kier molecular flexibility index (Phi) is 5.01. The molecule has 3 rings (SSSR count). The summed E-state index contributed by atoms with van der Waals surface area (Å²) in [4.78, 5) is 36.3. The quantitative estimate of drug-likeness (QED) is 0.746. The summed E-state index contributed by atoms with van der Waals surface area (Å²) in [5, 5.41) is 9.72. The zero-order valence-corrected chi connectivity index (χ0v) is 14.8. The van der Waals surface area contributed by atoms with Crippen LogP contribution < -0.4 is 10.6 Å². The minimum atomic E-state index is -0.417. The molecule has 0 bridgehead atoms. The van der Waals surface area contributed by atoms with Crippen molar-refractivity contribution in [3.63, 3.8) is 0 Å². The summed E-state index contributed by atoms with van der Waals surface area (Å²) in [6.45, 7) is 4.22. The number of aryl methyl sites for hydroxylation is 1. The van der Waals surface area contributed by atoms with Gasteiger partial charge in [-0.05, 0) is 26.0 Å². The highest BCUT2D eigenvalue weighted by atomic mass is 16.2.